The zero-order chi connectivity index (χ0) is 32.2. The van der Waals surface area contributed by atoms with Gasteiger partial charge in [-0.3, -0.25) is 4.79 Å². The number of hydrogen-bond donors (Lipinski definition) is 1. The highest BCUT2D eigenvalue weighted by atomic mass is 32.2. The maximum Gasteiger partial charge on any atom is 0.264 e. The zero-order valence-corrected chi connectivity index (χ0v) is 27.7. The summed E-state index contributed by atoms with van der Waals surface area (Å²) in [4.78, 5) is 28.7. The number of aryl methyl sites for hydroxylation is 1. The molecule has 5 rings (SSSR count). The second kappa shape index (κ2) is 13.6. The van der Waals surface area contributed by atoms with Gasteiger partial charge in [0.25, 0.3) is 5.56 Å². The van der Waals surface area contributed by atoms with Gasteiger partial charge in [-0.15, -0.1) is 0 Å². The molecule has 45 heavy (non-hydrogen) atoms. The molecule has 1 N–H and O–H groups in total. The zero-order valence-electron chi connectivity index (χ0n) is 26.8. The van der Waals surface area contributed by atoms with E-state index in [1.54, 1.807) is 29.1 Å². The Morgan fingerprint density at radius 1 is 1.00 bits per heavy atom. The summed E-state index contributed by atoms with van der Waals surface area (Å²) in [6, 6.07) is 14.7. The van der Waals surface area contributed by atoms with Gasteiger partial charge in [0.1, 0.15) is 5.82 Å². The minimum Gasteiger partial charge on any atom is -0.491 e. The number of rotatable bonds is 12. The number of sulfonamides is 1. The first kappa shape index (κ1) is 32.5. The molecule has 0 atom stereocenters. The Labute approximate surface area is 266 Å². The number of hydrogen-bond acceptors (Lipinski definition) is 7. The first-order chi connectivity index (χ1) is 21.5. The summed E-state index contributed by atoms with van der Waals surface area (Å²) >= 11 is 0. The van der Waals surface area contributed by atoms with Crippen molar-refractivity contribution in [1.82, 2.24) is 24.2 Å². The average Bonchev–Trinajstić information content (AvgIpc) is 2.97. The van der Waals surface area contributed by atoms with E-state index in [0.717, 1.165) is 61.2 Å². The molecule has 238 valence electrons. The minimum absolute atomic E-state index is 0.143. The number of benzene rings is 2. The molecular formula is C35H43N5O4S. The third kappa shape index (κ3) is 7.50. The second-order valence-electron chi connectivity index (χ2n) is 12.6. The van der Waals surface area contributed by atoms with Crippen LogP contribution in [0.25, 0.3) is 17.1 Å². The molecule has 0 aliphatic heterocycles. The predicted octanol–water partition coefficient (Wildman–Crippen LogP) is 6.37. The highest BCUT2D eigenvalue weighted by molar-refractivity contribution is 7.89. The molecule has 0 amide bonds. The Bertz CT molecular complexity index is 1790. The lowest BCUT2D eigenvalue weighted by Gasteiger charge is -2.28. The van der Waals surface area contributed by atoms with Crippen LogP contribution in [0.15, 0.2) is 70.6 Å². The van der Waals surface area contributed by atoms with E-state index in [0.29, 0.717) is 35.9 Å². The van der Waals surface area contributed by atoms with Gasteiger partial charge in [0.05, 0.1) is 29.6 Å². The van der Waals surface area contributed by atoms with Gasteiger partial charge in [-0.05, 0) is 70.6 Å². The quantitative estimate of drug-likeness (QED) is 0.194. The van der Waals surface area contributed by atoms with Crippen LogP contribution < -0.4 is 15.0 Å². The third-order valence-electron chi connectivity index (χ3n) is 7.91. The Morgan fingerprint density at radius 2 is 1.69 bits per heavy atom. The van der Waals surface area contributed by atoms with Crippen molar-refractivity contribution >= 4 is 10.0 Å². The maximum absolute atomic E-state index is 14.3. The number of nitrogens with one attached hydrogen (secondary N) is 1. The first-order valence-electron chi connectivity index (χ1n) is 15.8. The van der Waals surface area contributed by atoms with E-state index in [4.69, 9.17) is 9.72 Å². The molecular weight excluding hydrogens is 586 g/mol. The van der Waals surface area contributed by atoms with Gasteiger partial charge >= 0.3 is 0 Å². The van der Waals surface area contributed by atoms with Crippen molar-refractivity contribution in [3.05, 3.63) is 93.9 Å². The lowest BCUT2D eigenvalue weighted by atomic mass is 9.84. The van der Waals surface area contributed by atoms with Gasteiger partial charge in [0.15, 0.2) is 5.75 Å². The number of unbranched alkanes of at least 4 members (excludes halogenated alkanes) is 1. The summed E-state index contributed by atoms with van der Waals surface area (Å²) in [7, 11) is -3.74. The van der Waals surface area contributed by atoms with Gasteiger partial charge in [0, 0.05) is 29.0 Å². The van der Waals surface area contributed by atoms with Gasteiger partial charge in [-0.1, -0.05) is 62.2 Å². The molecule has 2 aromatic carbocycles. The fourth-order valence-corrected chi connectivity index (χ4v) is 7.20. The summed E-state index contributed by atoms with van der Waals surface area (Å²) in [5.74, 6) is 1.79. The van der Waals surface area contributed by atoms with Crippen molar-refractivity contribution in [3.63, 3.8) is 0 Å². The van der Waals surface area contributed by atoms with Crippen LogP contribution in [0.2, 0.25) is 0 Å². The fraction of sp³-hybridized carbons (Fsp3) is 0.429. The maximum atomic E-state index is 14.3. The molecule has 2 aromatic heterocycles. The normalized spacial score (nSPS) is 13.9. The van der Waals surface area contributed by atoms with Crippen molar-refractivity contribution in [2.45, 2.75) is 95.9 Å². The first-order valence-corrected chi connectivity index (χ1v) is 17.3. The Hall–Kier alpha value is -3.89. The molecule has 0 bridgehead atoms. The van der Waals surface area contributed by atoms with E-state index in [1.165, 1.54) is 0 Å². The molecule has 1 fully saturated rings. The molecule has 0 spiro atoms. The lowest BCUT2D eigenvalue weighted by molar-refractivity contribution is 0.337. The summed E-state index contributed by atoms with van der Waals surface area (Å²) < 4.78 is 36.4. The van der Waals surface area contributed by atoms with Crippen LogP contribution in [-0.2, 0) is 22.9 Å². The topological polar surface area (TPSA) is 116 Å². The molecule has 9 nitrogen and oxygen atoms in total. The minimum atomic E-state index is -3.74. The third-order valence-corrected chi connectivity index (χ3v) is 9.73. The van der Waals surface area contributed by atoms with Gasteiger partial charge in [-0.25, -0.2) is 32.7 Å². The average molecular weight is 630 g/mol. The standard InChI is InChI=1S/C35H43N5O4S/c1-6-8-15-30-29(33(41)40(32(38-30)26-12-11-13-26)34-36-22-27(23-37-34)44-7-2)21-24-17-19-25(20-18-24)28-14-9-10-16-31(28)45(42,43)39-35(3,4)5/h9-10,14,16-20,22-23,26,39H,6-8,11-13,15,21H2,1-5H3. The SMILES string of the molecule is CCCCc1nc(C2CCC2)n(-c2ncc(OCC)cn2)c(=O)c1Cc1ccc(-c2ccccc2S(=O)(=O)NC(C)(C)C)cc1. The van der Waals surface area contributed by atoms with Gasteiger partial charge in [-0.2, -0.15) is 0 Å². The molecule has 10 heteroatoms. The van der Waals surface area contributed by atoms with Crippen molar-refractivity contribution in [2.75, 3.05) is 6.61 Å². The number of aromatic nitrogens is 4. The highest BCUT2D eigenvalue weighted by Crippen LogP contribution is 2.36. The number of ether oxygens (including phenoxy) is 1. The van der Waals surface area contributed by atoms with Crippen molar-refractivity contribution < 1.29 is 13.2 Å². The van der Waals surface area contributed by atoms with Crippen LogP contribution in [0.4, 0.5) is 0 Å². The monoisotopic (exact) mass is 629 g/mol. The van der Waals surface area contributed by atoms with Crippen LogP contribution in [0.5, 0.6) is 5.75 Å². The molecule has 0 unspecified atom stereocenters. The highest BCUT2D eigenvalue weighted by Gasteiger charge is 2.29. The molecule has 0 saturated heterocycles. The molecule has 2 heterocycles. The van der Waals surface area contributed by atoms with E-state index < -0.39 is 15.6 Å². The summed E-state index contributed by atoms with van der Waals surface area (Å²) in [5, 5.41) is 0. The largest absolute Gasteiger partial charge is 0.491 e. The molecule has 1 aliphatic carbocycles. The van der Waals surface area contributed by atoms with E-state index in [9.17, 15) is 13.2 Å². The molecule has 4 aromatic rings. The second-order valence-corrected chi connectivity index (χ2v) is 14.3. The smallest absolute Gasteiger partial charge is 0.264 e. The van der Waals surface area contributed by atoms with Crippen LogP contribution in [0.1, 0.15) is 95.3 Å². The van der Waals surface area contributed by atoms with Crippen LogP contribution in [0.3, 0.4) is 0 Å². The van der Waals surface area contributed by atoms with E-state index >= 15 is 0 Å². The predicted molar refractivity (Wildman–Crippen MR) is 177 cm³/mol. The Balaban J connectivity index is 1.53. The van der Waals surface area contributed by atoms with Crippen molar-refractivity contribution in [2.24, 2.45) is 0 Å². The number of nitrogens with zero attached hydrogens (tertiary/aromatic N) is 4. The van der Waals surface area contributed by atoms with Crippen LogP contribution in [0, 0.1) is 0 Å². The molecule has 0 radical (unpaired) electrons. The Morgan fingerprint density at radius 3 is 2.29 bits per heavy atom. The van der Waals surface area contributed by atoms with Gasteiger partial charge < -0.3 is 4.74 Å². The lowest BCUT2D eigenvalue weighted by Crippen LogP contribution is -2.40. The van der Waals surface area contributed by atoms with E-state index in [2.05, 4.69) is 21.6 Å². The Kier molecular flexibility index (Phi) is 9.84. The summed E-state index contributed by atoms with van der Waals surface area (Å²) in [5.41, 5.74) is 3.03. The van der Waals surface area contributed by atoms with Gasteiger partial charge in [0.2, 0.25) is 16.0 Å². The summed E-state index contributed by atoms with van der Waals surface area (Å²) in [6.07, 6.45) is 9.31. The van der Waals surface area contributed by atoms with Crippen LogP contribution in [-0.4, -0.2) is 40.1 Å². The fourth-order valence-electron chi connectivity index (χ4n) is 5.55. The summed E-state index contributed by atoms with van der Waals surface area (Å²) in [6.45, 7) is 9.99. The van der Waals surface area contributed by atoms with Crippen LogP contribution >= 0.6 is 0 Å². The molecule has 1 aliphatic rings. The molecule has 1 saturated carbocycles. The van der Waals surface area contributed by atoms with E-state index in [1.807, 2.05) is 64.1 Å². The van der Waals surface area contributed by atoms with Crippen molar-refractivity contribution in [3.8, 4) is 22.8 Å². The van der Waals surface area contributed by atoms with Crippen molar-refractivity contribution in [1.29, 1.82) is 0 Å². The van der Waals surface area contributed by atoms with E-state index in [-0.39, 0.29) is 16.4 Å².